The van der Waals surface area contributed by atoms with Gasteiger partial charge in [-0.25, -0.2) is 9.97 Å². The zero-order valence-corrected chi connectivity index (χ0v) is 22.7. The molecule has 0 saturated carbocycles. The number of fused-ring (bicyclic) bond motifs is 1. The van der Waals surface area contributed by atoms with Crippen molar-refractivity contribution in [2.45, 2.75) is 26.4 Å². The number of para-hydroxylation sites is 1. The van der Waals surface area contributed by atoms with Crippen molar-refractivity contribution in [3.63, 3.8) is 0 Å². The number of benzene rings is 1. The minimum atomic E-state index is -0.0661. The summed E-state index contributed by atoms with van der Waals surface area (Å²) in [5.41, 5.74) is 5.28. The summed E-state index contributed by atoms with van der Waals surface area (Å²) in [4.78, 5) is 31.7. The number of aryl methyl sites for hydroxylation is 3. The van der Waals surface area contributed by atoms with Crippen molar-refractivity contribution in [3.05, 3.63) is 72.4 Å². The van der Waals surface area contributed by atoms with Crippen LogP contribution in [0, 0.1) is 13.8 Å². The first-order valence-electron chi connectivity index (χ1n) is 13.2. The van der Waals surface area contributed by atoms with E-state index in [4.69, 9.17) is 9.72 Å². The number of H-pyrrole nitrogens is 1. The number of hydrogen-bond acceptors (Lipinski definition) is 8. The molecule has 1 unspecified atom stereocenters. The Bertz CT molecular complexity index is 1640. The molecule has 0 aliphatic carbocycles. The van der Waals surface area contributed by atoms with E-state index in [1.54, 1.807) is 23.3 Å². The Balaban J connectivity index is 1.15. The predicted molar refractivity (Wildman–Crippen MR) is 154 cm³/mol. The van der Waals surface area contributed by atoms with Gasteiger partial charge in [-0.3, -0.25) is 19.4 Å². The molecule has 1 aliphatic heterocycles. The van der Waals surface area contributed by atoms with Crippen molar-refractivity contribution in [3.8, 4) is 17.0 Å². The van der Waals surface area contributed by atoms with Crippen LogP contribution in [0.3, 0.4) is 0 Å². The first kappa shape index (κ1) is 25.5. The molecule has 3 N–H and O–H groups in total. The molecule has 5 heterocycles. The number of aromatic nitrogens is 6. The third kappa shape index (κ3) is 5.36. The van der Waals surface area contributed by atoms with Crippen LogP contribution in [0.1, 0.15) is 17.7 Å². The molecule has 1 atom stereocenters. The molecule has 4 aromatic heterocycles. The predicted octanol–water partition coefficient (Wildman–Crippen LogP) is 4.21. The Morgan fingerprint density at radius 1 is 1.20 bits per heavy atom. The normalized spacial score (nSPS) is 15.4. The maximum atomic E-state index is 13.0. The molecule has 1 aliphatic rings. The Hall–Kier alpha value is -4.77. The molecule has 11 nitrogen and oxygen atoms in total. The van der Waals surface area contributed by atoms with Gasteiger partial charge in [0, 0.05) is 67.6 Å². The number of ether oxygens (including phenoxy) is 1. The molecule has 40 heavy (non-hydrogen) atoms. The van der Waals surface area contributed by atoms with E-state index in [0.717, 1.165) is 57.8 Å². The molecule has 6 rings (SSSR count). The van der Waals surface area contributed by atoms with Crippen LogP contribution in [0.15, 0.2) is 61.2 Å². The van der Waals surface area contributed by atoms with E-state index in [1.807, 2.05) is 63.5 Å². The summed E-state index contributed by atoms with van der Waals surface area (Å²) in [7, 11) is 1.89. The van der Waals surface area contributed by atoms with Crippen LogP contribution in [0.4, 0.5) is 17.5 Å². The number of carbonyl (C=O) groups is 1. The topological polar surface area (TPSA) is 126 Å². The first-order chi connectivity index (χ1) is 19.4. The number of pyridine rings is 1. The van der Waals surface area contributed by atoms with E-state index in [0.29, 0.717) is 24.9 Å². The first-order valence-corrected chi connectivity index (χ1v) is 13.2. The highest BCUT2D eigenvalue weighted by Gasteiger charge is 2.26. The maximum Gasteiger partial charge on any atom is 0.238 e. The smallest absolute Gasteiger partial charge is 0.238 e. The van der Waals surface area contributed by atoms with Crippen LogP contribution in [0.25, 0.3) is 22.2 Å². The number of hydrogen-bond donors (Lipinski definition) is 3. The highest BCUT2D eigenvalue weighted by Crippen LogP contribution is 2.33. The van der Waals surface area contributed by atoms with Crippen LogP contribution in [-0.2, 0) is 11.8 Å². The van der Waals surface area contributed by atoms with Gasteiger partial charge in [-0.15, -0.1) is 0 Å². The molecule has 11 heteroatoms. The number of nitrogens with one attached hydrogen (secondary N) is 3. The Labute approximate surface area is 231 Å². The standard InChI is InChI=1S/C29H31N9O2/c1-18-14-32-29(34-25-13-19(2)37(3)36-25)35-27(18)23-15-31-28-22(23)5-4-6-24(28)33-26(39)17-38-12-9-21(16-38)40-20-7-10-30-11-8-20/h4-8,10-11,13-15,21,31H,9,12,16-17H2,1-3H3,(H,33,39)(H,32,34,35,36). The van der Waals surface area contributed by atoms with Crippen molar-refractivity contribution < 1.29 is 9.53 Å². The van der Waals surface area contributed by atoms with E-state index in [9.17, 15) is 4.79 Å². The van der Waals surface area contributed by atoms with Gasteiger partial charge in [0.25, 0.3) is 0 Å². The van der Waals surface area contributed by atoms with Crippen LogP contribution in [0.5, 0.6) is 5.75 Å². The van der Waals surface area contributed by atoms with Gasteiger partial charge in [0.15, 0.2) is 5.82 Å². The lowest BCUT2D eigenvalue weighted by atomic mass is 10.1. The summed E-state index contributed by atoms with van der Waals surface area (Å²) < 4.78 is 7.82. The third-order valence-electron chi connectivity index (χ3n) is 7.12. The zero-order valence-electron chi connectivity index (χ0n) is 22.7. The lowest BCUT2D eigenvalue weighted by Gasteiger charge is -2.17. The second kappa shape index (κ2) is 10.8. The quantitative estimate of drug-likeness (QED) is 0.269. The number of carbonyl (C=O) groups excluding carboxylic acids is 1. The average Bonchev–Trinajstić information content (AvgIpc) is 3.65. The van der Waals surface area contributed by atoms with Crippen molar-refractivity contribution in [2.75, 3.05) is 30.3 Å². The molecule has 5 aromatic rings. The molecule has 1 amide bonds. The third-order valence-corrected chi connectivity index (χ3v) is 7.12. The molecule has 204 valence electrons. The van der Waals surface area contributed by atoms with E-state index in [2.05, 4.69) is 35.6 Å². The number of aromatic amines is 1. The largest absolute Gasteiger partial charge is 0.489 e. The number of rotatable bonds is 8. The van der Waals surface area contributed by atoms with Gasteiger partial charge in [-0.2, -0.15) is 5.10 Å². The highest BCUT2D eigenvalue weighted by molar-refractivity contribution is 6.06. The van der Waals surface area contributed by atoms with Crippen molar-refractivity contribution in [1.82, 2.24) is 34.6 Å². The average molecular weight is 538 g/mol. The maximum absolute atomic E-state index is 13.0. The van der Waals surface area contributed by atoms with E-state index in [1.165, 1.54) is 0 Å². The summed E-state index contributed by atoms with van der Waals surface area (Å²) >= 11 is 0. The Morgan fingerprint density at radius 3 is 2.85 bits per heavy atom. The molecule has 1 saturated heterocycles. The van der Waals surface area contributed by atoms with Gasteiger partial charge in [-0.1, -0.05) is 12.1 Å². The van der Waals surface area contributed by atoms with Gasteiger partial charge in [0.1, 0.15) is 11.9 Å². The number of amides is 1. The van der Waals surface area contributed by atoms with Gasteiger partial charge < -0.3 is 20.4 Å². The van der Waals surface area contributed by atoms with Crippen molar-refractivity contribution in [2.24, 2.45) is 7.05 Å². The summed E-state index contributed by atoms with van der Waals surface area (Å²) in [5, 5.41) is 11.7. The van der Waals surface area contributed by atoms with E-state index in [-0.39, 0.29) is 12.0 Å². The molecule has 0 bridgehead atoms. The molecular weight excluding hydrogens is 506 g/mol. The van der Waals surface area contributed by atoms with Crippen LogP contribution in [-0.4, -0.2) is 66.3 Å². The summed E-state index contributed by atoms with van der Waals surface area (Å²) in [5.74, 6) is 1.89. The number of nitrogens with zero attached hydrogens (tertiary/aromatic N) is 6. The monoisotopic (exact) mass is 537 g/mol. The van der Waals surface area contributed by atoms with Gasteiger partial charge >= 0.3 is 0 Å². The Kier molecular flexibility index (Phi) is 6.87. The zero-order chi connectivity index (χ0) is 27.6. The highest BCUT2D eigenvalue weighted by atomic mass is 16.5. The summed E-state index contributed by atoms with van der Waals surface area (Å²) in [6, 6.07) is 11.5. The van der Waals surface area contributed by atoms with Crippen molar-refractivity contribution in [1.29, 1.82) is 0 Å². The summed E-state index contributed by atoms with van der Waals surface area (Å²) in [6.45, 7) is 5.78. The minimum absolute atomic E-state index is 0.0572. The fourth-order valence-electron chi connectivity index (χ4n) is 5.00. The molecule has 0 spiro atoms. The fourth-order valence-corrected chi connectivity index (χ4v) is 5.00. The van der Waals surface area contributed by atoms with Gasteiger partial charge in [0.05, 0.1) is 23.4 Å². The van der Waals surface area contributed by atoms with E-state index < -0.39 is 0 Å². The lowest BCUT2D eigenvalue weighted by molar-refractivity contribution is -0.117. The Morgan fingerprint density at radius 2 is 2.05 bits per heavy atom. The number of anilines is 3. The van der Waals surface area contributed by atoms with Crippen LogP contribution >= 0.6 is 0 Å². The van der Waals surface area contributed by atoms with Gasteiger partial charge in [-0.05, 0) is 44.0 Å². The molecule has 1 aromatic carbocycles. The molecule has 1 fully saturated rings. The SMILES string of the molecule is Cc1cnc(Nc2cc(C)n(C)n2)nc1-c1c[nH]c2c(NC(=O)CN3CCC(Oc4ccncc4)C3)cccc12. The fraction of sp³-hybridized carbons (Fsp3) is 0.276. The second-order valence-electron chi connectivity index (χ2n) is 10.1. The van der Waals surface area contributed by atoms with Crippen molar-refractivity contribution >= 4 is 34.3 Å². The second-order valence-corrected chi connectivity index (χ2v) is 10.1. The molecule has 0 radical (unpaired) electrons. The minimum Gasteiger partial charge on any atom is -0.489 e. The van der Waals surface area contributed by atoms with Gasteiger partial charge in [0.2, 0.25) is 11.9 Å². The summed E-state index contributed by atoms with van der Waals surface area (Å²) in [6.07, 6.45) is 8.08. The lowest BCUT2D eigenvalue weighted by Crippen LogP contribution is -2.33. The molecular formula is C29H31N9O2. The van der Waals surface area contributed by atoms with Crippen LogP contribution < -0.4 is 15.4 Å². The van der Waals surface area contributed by atoms with E-state index >= 15 is 0 Å². The van der Waals surface area contributed by atoms with Crippen LogP contribution in [0.2, 0.25) is 0 Å². The number of likely N-dealkylation sites (tertiary alicyclic amines) is 1.